The van der Waals surface area contributed by atoms with Crippen LogP contribution in [0.25, 0.3) is 16.6 Å². The summed E-state index contributed by atoms with van der Waals surface area (Å²) >= 11 is 0. The Balaban J connectivity index is 1.48. The Morgan fingerprint density at radius 1 is 1.09 bits per heavy atom. The van der Waals surface area contributed by atoms with E-state index < -0.39 is 17.3 Å². The average molecular weight is 608 g/mol. The van der Waals surface area contributed by atoms with Gasteiger partial charge in [0, 0.05) is 55.9 Å². The first-order chi connectivity index (χ1) is 20.8. The lowest BCUT2D eigenvalue weighted by atomic mass is 10.0. The van der Waals surface area contributed by atoms with Gasteiger partial charge in [-0.25, -0.2) is 19.2 Å². The lowest BCUT2D eigenvalue weighted by molar-refractivity contribution is 0.00566. The highest BCUT2D eigenvalue weighted by molar-refractivity contribution is 6.13. The van der Waals surface area contributed by atoms with Crippen molar-refractivity contribution in [3.63, 3.8) is 0 Å². The van der Waals surface area contributed by atoms with E-state index in [0.717, 1.165) is 5.69 Å². The van der Waals surface area contributed by atoms with Gasteiger partial charge in [-0.05, 0) is 53.7 Å². The Morgan fingerprint density at radius 2 is 1.82 bits per heavy atom. The number of methoxy groups -OCH3 is 1. The molecule has 1 fully saturated rings. The van der Waals surface area contributed by atoms with Crippen LogP contribution in [0.3, 0.4) is 0 Å². The van der Waals surface area contributed by atoms with Crippen molar-refractivity contribution in [1.29, 1.82) is 0 Å². The van der Waals surface area contributed by atoms with Gasteiger partial charge in [-0.1, -0.05) is 0 Å². The molecule has 4 heterocycles. The summed E-state index contributed by atoms with van der Waals surface area (Å²) in [7, 11) is 1.56. The van der Waals surface area contributed by atoms with E-state index in [1.165, 1.54) is 10.5 Å². The van der Waals surface area contributed by atoms with Crippen LogP contribution in [0.1, 0.15) is 50.7 Å². The number of ether oxygens (including phenoxy) is 3. The van der Waals surface area contributed by atoms with Gasteiger partial charge in [0.2, 0.25) is 0 Å². The number of amides is 2. The molecular formula is C31H38FN7O5. The first-order valence-electron chi connectivity index (χ1n) is 14.5. The number of aromatic nitrogens is 4. The molecule has 0 spiro atoms. The van der Waals surface area contributed by atoms with Crippen LogP contribution in [0.2, 0.25) is 0 Å². The van der Waals surface area contributed by atoms with Crippen LogP contribution >= 0.6 is 0 Å². The molecule has 12 nitrogen and oxygen atoms in total. The summed E-state index contributed by atoms with van der Waals surface area (Å²) in [4.78, 5) is 43.7. The fraction of sp³-hybridized carbons (Fsp3) is 0.452. The first kappa shape index (κ1) is 30.9. The highest BCUT2D eigenvalue weighted by Crippen LogP contribution is 2.33. The van der Waals surface area contributed by atoms with Gasteiger partial charge in [0.15, 0.2) is 11.5 Å². The van der Waals surface area contributed by atoms with Gasteiger partial charge >= 0.3 is 12.1 Å². The van der Waals surface area contributed by atoms with E-state index in [9.17, 15) is 14.0 Å². The van der Waals surface area contributed by atoms with Crippen LogP contribution in [0.15, 0.2) is 36.8 Å². The number of carbonyl (C=O) groups is 2. The third-order valence-electron chi connectivity index (χ3n) is 7.22. The molecule has 5 rings (SSSR count). The number of aryl methyl sites for hydroxylation is 1. The second-order valence-corrected chi connectivity index (χ2v) is 12.0. The lowest BCUT2D eigenvalue weighted by Crippen LogP contribution is -2.59. The number of benzene rings is 1. The van der Waals surface area contributed by atoms with Crippen LogP contribution in [-0.2, 0) is 9.47 Å². The number of rotatable bonds is 7. The molecule has 0 aliphatic carbocycles. The zero-order valence-electron chi connectivity index (χ0n) is 26.0. The number of imidazole rings is 1. The Hall–Kier alpha value is -4.52. The first-order valence-corrected chi connectivity index (χ1v) is 14.5. The maximum Gasteiger partial charge on any atom is 0.410 e. The van der Waals surface area contributed by atoms with Crippen LogP contribution in [0.5, 0.6) is 6.01 Å². The molecule has 2 amide bonds. The monoisotopic (exact) mass is 607 g/mol. The number of fused-ring (bicyclic) bond motifs is 2. The number of pyridine rings is 1. The molecule has 1 aromatic carbocycles. The second kappa shape index (κ2) is 12.2. The fourth-order valence-corrected chi connectivity index (χ4v) is 5.47. The summed E-state index contributed by atoms with van der Waals surface area (Å²) in [5, 5.41) is 3.43. The molecule has 4 aromatic rings. The number of halogens is 1. The molecule has 44 heavy (non-hydrogen) atoms. The highest BCUT2D eigenvalue weighted by Gasteiger charge is 2.36. The number of nitrogens with one attached hydrogen (secondary N) is 1. The highest BCUT2D eigenvalue weighted by atomic mass is 19.1. The number of carbonyl (C=O) groups excluding carboxylic acids is 2. The van der Waals surface area contributed by atoms with E-state index >= 15 is 0 Å². The van der Waals surface area contributed by atoms with Crippen LogP contribution in [0, 0.1) is 12.7 Å². The summed E-state index contributed by atoms with van der Waals surface area (Å²) in [5.74, 6) is -1.03. The summed E-state index contributed by atoms with van der Waals surface area (Å²) in [5.41, 5.74) is 1.94. The molecule has 13 heteroatoms. The van der Waals surface area contributed by atoms with Gasteiger partial charge in [-0.15, -0.1) is 0 Å². The summed E-state index contributed by atoms with van der Waals surface area (Å²) in [6, 6.07) is 4.56. The number of nitrogens with zero attached hydrogens (tertiary/aromatic N) is 6. The number of piperazine rings is 1. The van der Waals surface area contributed by atoms with Crippen LogP contribution in [-0.4, -0.2) is 87.4 Å². The molecule has 1 saturated heterocycles. The lowest BCUT2D eigenvalue weighted by Gasteiger charge is -2.45. The van der Waals surface area contributed by atoms with E-state index in [1.54, 1.807) is 43.6 Å². The third kappa shape index (κ3) is 6.52. The molecule has 2 atom stereocenters. The minimum atomic E-state index is -0.601. The SMILES string of the molecule is COCCOc1ncc2c(N3C[C@H](C)N(C(=O)OC(C)(C)C)[C@@H](C)C3)ccc(C(=O)Nc3cc(F)c4nc(C)cn4c3)c2n1. The van der Waals surface area contributed by atoms with E-state index in [4.69, 9.17) is 14.2 Å². The van der Waals surface area contributed by atoms with Crippen molar-refractivity contribution in [3.05, 3.63) is 53.9 Å². The molecule has 0 radical (unpaired) electrons. The predicted molar refractivity (Wildman–Crippen MR) is 164 cm³/mol. The predicted octanol–water partition coefficient (Wildman–Crippen LogP) is 4.84. The van der Waals surface area contributed by atoms with Gasteiger partial charge < -0.3 is 28.8 Å². The molecule has 0 saturated carbocycles. The van der Waals surface area contributed by atoms with Gasteiger partial charge in [0.25, 0.3) is 5.91 Å². The Morgan fingerprint density at radius 3 is 2.50 bits per heavy atom. The normalized spacial score (nSPS) is 17.3. The summed E-state index contributed by atoms with van der Waals surface area (Å²) in [6.45, 7) is 12.9. The van der Waals surface area contributed by atoms with E-state index in [2.05, 4.69) is 25.2 Å². The summed E-state index contributed by atoms with van der Waals surface area (Å²) < 4.78 is 32.6. The number of hydrogen-bond donors (Lipinski definition) is 1. The minimum Gasteiger partial charge on any atom is -0.461 e. The zero-order chi connectivity index (χ0) is 31.8. The minimum absolute atomic E-state index is 0.0959. The van der Waals surface area contributed by atoms with Gasteiger partial charge in [0.1, 0.15) is 12.2 Å². The zero-order valence-corrected chi connectivity index (χ0v) is 26.0. The van der Waals surface area contributed by atoms with Crippen molar-refractivity contribution in [2.75, 3.05) is 43.6 Å². The van der Waals surface area contributed by atoms with Gasteiger partial charge in [0.05, 0.1) is 41.2 Å². The third-order valence-corrected chi connectivity index (χ3v) is 7.22. The van der Waals surface area contributed by atoms with Crippen molar-refractivity contribution < 1.29 is 28.2 Å². The largest absolute Gasteiger partial charge is 0.461 e. The van der Waals surface area contributed by atoms with E-state index in [0.29, 0.717) is 36.3 Å². The molecular weight excluding hydrogens is 569 g/mol. The molecule has 0 unspecified atom stereocenters. The van der Waals surface area contributed by atoms with Crippen molar-refractivity contribution in [2.24, 2.45) is 0 Å². The number of hydrogen-bond acceptors (Lipinski definition) is 9. The second-order valence-electron chi connectivity index (χ2n) is 12.0. The number of anilines is 2. The van der Waals surface area contributed by atoms with E-state index in [1.807, 2.05) is 40.7 Å². The average Bonchev–Trinajstić information content (AvgIpc) is 3.31. The topological polar surface area (TPSA) is 123 Å². The van der Waals surface area contributed by atoms with Crippen molar-refractivity contribution in [2.45, 2.75) is 59.2 Å². The molecule has 1 N–H and O–H groups in total. The Kier molecular flexibility index (Phi) is 8.60. The smallest absolute Gasteiger partial charge is 0.410 e. The standard InChI is InChI=1S/C31H38FN7O5/c1-18-14-38-17-21(12-24(32)27(38)34-18)35-28(40)22-8-9-25(23-13-33-29(36-26(22)23)43-11-10-42-7)37-15-19(2)39(20(3)16-37)30(41)44-31(4,5)6/h8-9,12-14,17,19-20H,10-11,15-16H2,1-7H3,(H,35,40)/t19-,20-/m0/s1. The molecule has 3 aromatic heterocycles. The summed E-state index contributed by atoms with van der Waals surface area (Å²) in [6.07, 6.45) is 4.57. The molecule has 0 bridgehead atoms. The van der Waals surface area contributed by atoms with Gasteiger partial charge in [-0.3, -0.25) is 9.69 Å². The maximum atomic E-state index is 14.7. The fourth-order valence-electron chi connectivity index (χ4n) is 5.47. The van der Waals surface area contributed by atoms with Gasteiger partial charge in [-0.2, -0.15) is 4.98 Å². The van der Waals surface area contributed by atoms with Crippen LogP contribution in [0.4, 0.5) is 20.6 Å². The molecule has 1 aliphatic heterocycles. The quantitative estimate of drug-likeness (QED) is 0.294. The van der Waals surface area contributed by atoms with Crippen molar-refractivity contribution in [3.8, 4) is 6.01 Å². The Bertz CT molecular complexity index is 1690. The van der Waals surface area contributed by atoms with E-state index in [-0.39, 0.29) is 47.7 Å². The molecule has 1 aliphatic rings. The maximum absolute atomic E-state index is 14.7. The van der Waals surface area contributed by atoms with Crippen molar-refractivity contribution >= 4 is 39.9 Å². The van der Waals surface area contributed by atoms with Crippen molar-refractivity contribution in [1.82, 2.24) is 24.3 Å². The molecule has 234 valence electrons. The van der Waals surface area contributed by atoms with Crippen LogP contribution < -0.4 is 15.0 Å². The Labute approximate surface area is 255 Å².